The molecule has 7 heteroatoms. The molecule has 3 heterocycles. The Morgan fingerprint density at radius 2 is 1.75 bits per heavy atom. The number of urea groups is 1. The van der Waals surface area contributed by atoms with Crippen LogP contribution in [0.15, 0.2) is 29.6 Å². The normalized spacial score (nSPS) is 29.4. The first-order valence-corrected chi connectivity index (χ1v) is 14.7. The van der Waals surface area contributed by atoms with Gasteiger partial charge in [0, 0.05) is 41.7 Å². The molecule has 0 spiro atoms. The van der Waals surface area contributed by atoms with Gasteiger partial charge in [0.2, 0.25) is 0 Å². The summed E-state index contributed by atoms with van der Waals surface area (Å²) in [6.07, 6.45) is 10.2. The van der Waals surface area contributed by atoms with E-state index in [1.54, 1.807) is 11.3 Å². The van der Waals surface area contributed by atoms with Crippen LogP contribution in [0.25, 0.3) is 0 Å². The van der Waals surface area contributed by atoms with E-state index in [-0.39, 0.29) is 23.4 Å². The lowest BCUT2D eigenvalue weighted by atomic mass is 9.53. The van der Waals surface area contributed by atoms with E-state index < -0.39 is 0 Å². The van der Waals surface area contributed by atoms with Crippen LogP contribution in [-0.2, 0) is 6.42 Å². The van der Waals surface area contributed by atoms with Crippen LogP contribution in [0.1, 0.15) is 83.9 Å². The molecule has 3 amide bonds. The van der Waals surface area contributed by atoms with Crippen molar-refractivity contribution in [1.29, 1.82) is 0 Å². The first kappa shape index (κ1) is 24.0. The zero-order valence-electron chi connectivity index (χ0n) is 21.3. The highest BCUT2D eigenvalue weighted by atomic mass is 32.1. The van der Waals surface area contributed by atoms with Crippen LogP contribution >= 0.6 is 11.3 Å². The molecule has 1 aliphatic heterocycles. The van der Waals surface area contributed by atoms with Crippen LogP contribution in [0.3, 0.4) is 0 Å². The van der Waals surface area contributed by atoms with E-state index in [9.17, 15) is 9.59 Å². The molecule has 2 aromatic heterocycles. The molecule has 2 aromatic rings. The first-order valence-electron chi connectivity index (χ1n) is 13.8. The third-order valence-corrected chi connectivity index (χ3v) is 10.1. The number of carbonyl (C=O) groups excluding carboxylic acids is 2. The van der Waals surface area contributed by atoms with Crippen molar-refractivity contribution in [2.75, 3.05) is 19.6 Å². The summed E-state index contributed by atoms with van der Waals surface area (Å²) in [5.74, 6) is 2.63. The maximum Gasteiger partial charge on any atom is 0.317 e. The van der Waals surface area contributed by atoms with Gasteiger partial charge in [0.15, 0.2) is 0 Å². The third kappa shape index (κ3) is 4.91. The van der Waals surface area contributed by atoms with E-state index in [0.717, 1.165) is 61.5 Å². The number of likely N-dealkylation sites (tertiary alicyclic amines) is 1. The minimum absolute atomic E-state index is 0.0453. The highest BCUT2D eigenvalue weighted by Gasteiger charge is 2.52. The summed E-state index contributed by atoms with van der Waals surface area (Å²) in [4.78, 5) is 34.5. The highest BCUT2D eigenvalue weighted by molar-refractivity contribution is 7.09. The Labute approximate surface area is 218 Å². The first-order chi connectivity index (χ1) is 17.5. The van der Waals surface area contributed by atoms with E-state index in [4.69, 9.17) is 4.98 Å². The molecule has 0 radical (unpaired) electrons. The van der Waals surface area contributed by atoms with Gasteiger partial charge in [0.1, 0.15) is 0 Å². The Morgan fingerprint density at radius 1 is 1.06 bits per heavy atom. The maximum atomic E-state index is 13.3. The van der Waals surface area contributed by atoms with Gasteiger partial charge in [-0.05, 0) is 106 Å². The summed E-state index contributed by atoms with van der Waals surface area (Å²) in [7, 11) is 0. The number of nitrogens with zero attached hydrogens (tertiary/aromatic N) is 2. The number of aromatic nitrogens is 1. The van der Waals surface area contributed by atoms with E-state index in [2.05, 4.69) is 22.1 Å². The summed E-state index contributed by atoms with van der Waals surface area (Å²) in [6.45, 7) is 4.04. The van der Waals surface area contributed by atoms with Gasteiger partial charge in [-0.2, -0.15) is 0 Å². The van der Waals surface area contributed by atoms with Crippen LogP contribution in [0, 0.1) is 24.7 Å². The molecule has 4 saturated carbocycles. The van der Waals surface area contributed by atoms with E-state index in [0.29, 0.717) is 12.1 Å². The second-order valence-corrected chi connectivity index (χ2v) is 12.9. The molecule has 0 aromatic carbocycles. The number of nitrogens with one attached hydrogen (secondary N) is 2. The second-order valence-electron chi connectivity index (χ2n) is 11.9. The van der Waals surface area contributed by atoms with Crippen LogP contribution in [-0.4, -0.2) is 47.0 Å². The zero-order valence-corrected chi connectivity index (χ0v) is 22.1. The number of hydrogen-bond acceptors (Lipinski definition) is 4. The quantitative estimate of drug-likeness (QED) is 0.560. The number of piperidine rings is 1. The Kier molecular flexibility index (Phi) is 6.53. The Balaban J connectivity index is 1.06. The highest BCUT2D eigenvalue weighted by Crippen LogP contribution is 2.55. The number of pyridine rings is 1. The number of thiophene rings is 1. The standard InChI is InChI=1S/C29H38N4O2S/c1-19-4-5-25(27(34)30-9-6-24-3-2-12-36-24)26(31-19)23-7-10-33(11-8-23)28(35)32-29-16-20-13-21(17-29)15-22(14-20)18-29/h2-5,12,20-23H,6-11,13-18H2,1H3,(H,30,34)(H,32,35). The maximum absolute atomic E-state index is 13.3. The van der Waals surface area contributed by atoms with Gasteiger partial charge in [-0.3, -0.25) is 9.78 Å². The van der Waals surface area contributed by atoms with Gasteiger partial charge in [-0.25, -0.2) is 4.79 Å². The molecule has 2 N–H and O–H groups in total. The predicted molar refractivity (Wildman–Crippen MR) is 142 cm³/mol. The number of aryl methyl sites for hydroxylation is 1. The fourth-order valence-electron chi connectivity index (χ4n) is 7.85. The van der Waals surface area contributed by atoms with Gasteiger partial charge in [0.25, 0.3) is 5.91 Å². The summed E-state index contributed by atoms with van der Waals surface area (Å²) >= 11 is 1.72. The molecular weight excluding hydrogens is 468 g/mol. The molecule has 4 bridgehead atoms. The van der Waals surface area contributed by atoms with Crippen molar-refractivity contribution in [2.45, 2.75) is 76.2 Å². The molecule has 0 unspecified atom stereocenters. The molecule has 7 rings (SSSR count). The molecule has 5 aliphatic rings. The molecule has 0 atom stereocenters. The molecule has 5 fully saturated rings. The van der Waals surface area contributed by atoms with Gasteiger partial charge < -0.3 is 15.5 Å². The number of carbonyl (C=O) groups is 2. The minimum Gasteiger partial charge on any atom is -0.352 e. The van der Waals surface area contributed by atoms with Crippen molar-refractivity contribution in [3.8, 4) is 0 Å². The predicted octanol–water partition coefficient (Wildman–Crippen LogP) is 5.28. The van der Waals surface area contributed by atoms with E-state index in [1.165, 1.54) is 43.4 Å². The van der Waals surface area contributed by atoms with Crippen molar-refractivity contribution in [2.24, 2.45) is 17.8 Å². The molecule has 36 heavy (non-hydrogen) atoms. The molecular formula is C29H38N4O2S. The van der Waals surface area contributed by atoms with Gasteiger partial charge in [-0.15, -0.1) is 11.3 Å². The summed E-state index contributed by atoms with van der Waals surface area (Å²) < 4.78 is 0. The third-order valence-electron chi connectivity index (χ3n) is 9.12. The number of hydrogen-bond donors (Lipinski definition) is 2. The van der Waals surface area contributed by atoms with Gasteiger partial charge >= 0.3 is 6.03 Å². The number of rotatable bonds is 6. The lowest BCUT2D eigenvalue weighted by Crippen LogP contribution is -2.62. The molecule has 6 nitrogen and oxygen atoms in total. The summed E-state index contributed by atoms with van der Waals surface area (Å²) in [6, 6.07) is 8.11. The van der Waals surface area contributed by atoms with Crippen LogP contribution in [0.4, 0.5) is 4.79 Å². The van der Waals surface area contributed by atoms with E-state index >= 15 is 0 Å². The van der Waals surface area contributed by atoms with Crippen LogP contribution in [0.5, 0.6) is 0 Å². The second kappa shape index (κ2) is 9.81. The Morgan fingerprint density at radius 3 is 2.39 bits per heavy atom. The largest absolute Gasteiger partial charge is 0.352 e. The average Bonchev–Trinajstić information content (AvgIpc) is 3.36. The molecule has 192 valence electrons. The summed E-state index contributed by atoms with van der Waals surface area (Å²) in [5.41, 5.74) is 2.56. The fourth-order valence-corrected chi connectivity index (χ4v) is 8.56. The SMILES string of the molecule is Cc1ccc(C(=O)NCCc2cccs2)c(C2CCN(C(=O)NC34CC5CC(CC(C5)C3)C4)CC2)n1. The van der Waals surface area contributed by atoms with Crippen LogP contribution in [0.2, 0.25) is 0 Å². The minimum atomic E-state index is -0.0453. The monoisotopic (exact) mass is 506 g/mol. The van der Waals surface area contributed by atoms with Crippen LogP contribution < -0.4 is 10.6 Å². The van der Waals surface area contributed by atoms with Gasteiger partial charge in [-0.1, -0.05) is 6.07 Å². The van der Waals surface area contributed by atoms with Crippen molar-refractivity contribution in [3.63, 3.8) is 0 Å². The Hall–Kier alpha value is -2.41. The lowest BCUT2D eigenvalue weighted by molar-refractivity contribution is -0.0160. The molecule has 1 saturated heterocycles. The fraction of sp³-hybridized carbons (Fsp3) is 0.621. The average molecular weight is 507 g/mol. The lowest BCUT2D eigenvalue weighted by Gasteiger charge is -2.57. The van der Waals surface area contributed by atoms with Crippen molar-refractivity contribution in [3.05, 3.63) is 51.5 Å². The van der Waals surface area contributed by atoms with Crippen molar-refractivity contribution < 1.29 is 9.59 Å². The van der Waals surface area contributed by atoms with E-state index in [1.807, 2.05) is 30.0 Å². The smallest absolute Gasteiger partial charge is 0.317 e. The Bertz CT molecular complexity index is 1070. The molecule has 4 aliphatic carbocycles. The topological polar surface area (TPSA) is 74.3 Å². The van der Waals surface area contributed by atoms with Crippen molar-refractivity contribution >= 4 is 23.3 Å². The summed E-state index contributed by atoms with van der Waals surface area (Å²) in [5, 5.41) is 8.68. The van der Waals surface area contributed by atoms with Crippen molar-refractivity contribution in [1.82, 2.24) is 20.5 Å². The number of amides is 3. The van der Waals surface area contributed by atoms with Gasteiger partial charge in [0.05, 0.1) is 11.3 Å². The zero-order chi connectivity index (χ0) is 24.7.